The highest BCUT2D eigenvalue weighted by Crippen LogP contribution is 2.30. The molecule has 0 spiro atoms. The first-order valence-electron chi connectivity index (χ1n) is 8.62. The lowest BCUT2D eigenvalue weighted by Gasteiger charge is -2.04. The average molecular weight is 470 g/mol. The lowest BCUT2D eigenvalue weighted by Crippen LogP contribution is -2.10. The van der Waals surface area contributed by atoms with Crippen LogP contribution < -0.4 is 5.32 Å². The van der Waals surface area contributed by atoms with Gasteiger partial charge in [-0.05, 0) is 48.5 Å². The lowest BCUT2D eigenvalue weighted by atomic mass is 10.2. The fourth-order valence-corrected chi connectivity index (χ4v) is 3.58. The molecule has 0 aliphatic heterocycles. The molecule has 2 N–H and O–H groups in total. The number of rotatable bonds is 4. The van der Waals surface area contributed by atoms with Crippen LogP contribution >= 0.6 is 27.5 Å². The third-order valence-electron chi connectivity index (χ3n) is 4.18. The Morgan fingerprint density at radius 3 is 2.62 bits per heavy atom. The fourth-order valence-electron chi connectivity index (χ4n) is 2.75. The molecule has 1 heterocycles. The zero-order valence-electron chi connectivity index (χ0n) is 14.9. The number of carbonyl (C=O) groups is 1. The number of hydrogen-bond acceptors (Lipinski definition) is 4. The predicted molar refractivity (Wildman–Crippen MR) is 119 cm³/mol. The van der Waals surface area contributed by atoms with E-state index in [1.54, 1.807) is 42.5 Å². The van der Waals surface area contributed by atoms with Crippen LogP contribution in [0.15, 0.2) is 80.6 Å². The second-order valence-corrected chi connectivity index (χ2v) is 7.56. The molecule has 0 atom stereocenters. The monoisotopic (exact) mass is 468 g/mol. The Bertz CT molecular complexity index is 1200. The van der Waals surface area contributed by atoms with Crippen molar-refractivity contribution in [3.8, 4) is 5.75 Å². The molecule has 1 aromatic heterocycles. The highest BCUT2D eigenvalue weighted by atomic mass is 79.9. The van der Waals surface area contributed by atoms with Crippen molar-refractivity contribution in [3.05, 3.63) is 87.5 Å². The number of aromatic hydroxyl groups is 1. The van der Waals surface area contributed by atoms with Gasteiger partial charge < -0.3 is 14.8 Å². The van der Waals surface area contributed by atoms with E-state index in [4.69, 9.17) is 16.0 Å². The Morgan fingerprint density at radius 1 is 1.10 bits per heavy atom. The maximum absolute atomic E-state index is 12.4. The van der Waals surface area contributed by atoms with Gasteiger partial charge in [0.25, 0.3) is 5.91 Å². The van der Waals surface area contributed by atoms with Gasteiger partial charge in [-0.2, -0.15) is 0 Å². The second-order valence-electron chi connectivity index (χ2n) is 6.23. The number of halogens is 2. The number of phenolic OH excluding ortho intramolecular Hbond substituents is 1. The van der Waals surface area contributed by atoms with Crippen molar-refractivity contribution < 1.29 is 14.3 Å². The molecular weight excluding hydrogens is 456 g/mol. The topological polar surface area (TPSA) is 74.8 Å². The number of carbonyl (C=O) groups excluding carboxylic acids is 1. The van der Waals surface area contributed by atoms with Crippen LogP contribution in [0.1, 0.15) is 16.1 Å². The smallest absolute Gasteiger partial charge is 0.291 e. The number of aliphatic imine (C=N–C) groups is 1. The number of phenols is 1. The number of amides is 1. The van der Waals surface area contributed by atoms with Gasteiger partial charge in [0.2, 0.25) is 0 Å². The fraction of sp³-hybridized carbons (Fsp3) is 0. The number of furan rings is 1. The van der Waals surface area contributed by atoms with E-state index in [0.29, 0.717) is 22.5 Å². The minimum Gasteiger partial charge on any atom is -0.506 e. The number of benzene rings is 3. The van der Waals surface area contributed by atoms with E-state index in [-0.39, 0.29) is 22.4 Å². The molecule has 0 aliphatic rings. The molecule has 0 unspecified atom stereocenters. The number of hydrogen-bond donors (Lipinski definition) is 2. The molecule has 4 aromatic rings. The van der Waals surface area contributed by atoms with Crippen LogP contribution in [0.2, 0.25) is 5.02 Å². The number of nitrogens with zero attached hydrogens (tertiary/aromatic N) is 1. The third kappa shape index (κ3) is 4.34. The molecule has 1 amide bonds. The van der Waals surface area contributed by atoms with Gasteiger partial charge >= 0.3 is 0 Å². The molecule has 7 heteroatoms. The largest absolute Gasteiger partial charge is 0.506 e. The Kier molecular flexibility index (Phi) is 5.38. The molecule has 0 saturated heterocycles. The average Bonchev–Trinajstić information content (AvgIpc) is 3.15. The van der Waals surface area contributed by atoms with Crippen molar-refractivity contribution in [1.82, 2.24) is 0 Å². The lowest BCUT2D eigenvalue weighted by molar-refractivity contribution is 0.0998. The maximum atomic E-state index is 12.4. The molecular formula is C22H14BrClN2O3. The minimum atomic E-state index is -0.328. The highest BCUT2D eigenvalue weighted by Gasteiger charge is 2.12. The van der Waals surface area contributed by atoms with E-state index in [1.807, 2.05) is 24.3 Å². The van der Waals surface area contributed by atoms with Gasteiger partial charge in [-0.3, -0.25) is 9.79 Å². The summed E-state index contributed by atoms with van der Waals surface area (Å²) >= 11 is 9.29. The van der Waals surface area contributed by atoms with Crippen LogP contribution in [0, 0.1) is 0 Å². The van der Waals surface area contributed by atoms with E-state index in [2.05, 4.69) is 26.2 Å². The molecule has 0 fully saturated rings. The first-order valence-corrected chi connectivity index (χ1v) is 9.79. The van der Waals surface area contributed by atoms with Crippen molar-refractivity contribution in [2.75, 3.05) is 5.32 Å². The first-order chi connectivity index (χ1) is 14.0. The summed E-state index contributed by atoms with van der Waals surface area (Å²) in [5.41, 5.74) is 2.43. The maximum Gasteiger partial charge on any atom is 0.291 e. The summed E-state index contributed by atoms with van der Waals surface area (Å²) in [5, 5.41) is 13.9. The second kappa shape index (κ2) is 8.11. The van der Waals surface area contributed by atoms with Gasteiger partial charge in [0.1, 0.15) is 11.3 Å². The van der Waals surface area contributed by atoms with Crippen LogP contribution in [0.4, 0.5) is 11.4 Å². The Hall–Kier alpha value is -3.09. The Labute approximate surface area is 179 Å². The first kappa shape index (κ1) is 19.2. The number of para-hydroxylation sites is 1. The zero-order valence-corrected chi connectivity index (χ0v) is 17.2. The molecule has 4 rings (SSSR count). The van der Waals surface area contributed by atoms with Gasteiger partial charge in [0.05, 0.1) is 10.7 Å². The van der Waals surface area contributed by atoms with Gasteiger partial charge in [0.15, 0.2) is 5.76 Å². The van der Waals surface area contributed by atoms with Crippen LogP contribution in [0.25, 0.3) is 11.0 Å². The molecule has 3 aromatic carbocycles. The summed E-state index contributed by atoms with van der Waals surface area (Å²) in [4.78, 5) is 16.7. The van der Waals surface area contributed by atoms with E-state index in [9.17, 15) is 9.90 Å². The molecule has 144 valence electrons. The van der Waals surface area contributed by atoms with E-state index >= 15 is 0 Å². The van der Waals surface area contributed by atoms with Gasteiger partial charge in [-0.15, -0.1) is 0 Å². The summed E-state index contributed by atoms with van der Waals surface area (Å²) in [5.74, 6) is -0.116. The molecule has 5 nitrogen and oxygen atoms in total. The zero-order chi connectivity index (χ0) is 20.4. The van der Waals surface area contributed by atoms with Crippen LogP contribution in [-0.4, -0.2) is 17.2 Å². The van der Waals surface area contributed by atoms with Gasteiger partial charge in [-0.25, -0.2) is 0 Å². The predicted octanol–water partition coefficient (Wildman–Crippen LogP) is 6.56. The molecule has 0 saturated carbocycles. The van der Waals surface area contributed by atoms with Crippen molar-refractivity contribution in [2.45, 2.75) is 0 Å². The minimum absolute atomic E-state index is 0.0339. The van der Waals surface area contributed by atoms with Crippen LogP contribution in [0.3, 0.4) is 0 Å². The Balaban J connectivity index is 1.47. The van der Waals surface area contributed by atoms with E-state index < -0.39 is 0 Å². The van der Waals surface area contributed by atoms with Crippen molar-refractivity contribution >= 4 is 62.0 Å². The normalized spacial score (nSPS) is 11.2. The summed E-state index contributed by atoms with van der Waals surface area (Å²) in [6.45, 7) is 0. The number of anilines is 1. The van der Waals surface area contributed by atoms with Crippen LogP contribution in [-0.2, 0) is 0 Å². The van der Waals surface area contributed by atoms with Gasteiger partial charge in [-0.1, -0.05) is 45.7 Å². The SMILES string of the molecule is O=C(Nc1ccc(N=Cc2cc(Br)cc(Cl)c2O)cc1)c1cc2ccccc2o1. The summed E-state index contributed by atoms with van der Waals surface area (Å²) in [6, 6.07) is 19.5. The third-order valence-corrected chi connectivity index (χ3v) is 4.93. The number of nitrogens with one attached hydrogen (secondary N) is 1. The number of fused-ring (bicyclic) bond motifs is 1. The standard InChI is InChI=1S/C22H14BrClN2O3/c23-15-9-14(21(27)18(24)11-15)12-25-16-5-7-17(8-6-16)26-22(28)20-10-13-3-1-2-4-19(13)29-20/h1-12,27H,(H,26,28). The van der Waals surface area contributed by atoms with Gasteiger partial charge in [0, 0.05) is 27.3 Å². The van der Waals surface area contributed by atoms with E-state index in [1.165, 1.54) is 6.21 Å². The quantitative estimate of drug-likeness (QED) is 0.332. The summed E-state index contributed by atoms with van der Waals surface area (Å²) in [7, 11) is 0. The Morgan fingerprint density at radius 2 is 1.86 bits per heavy atom. The summed E-state index contributed by atoms with van der Waals surface area (Å²) in [6.07, 6.45) is 1.52. The molecule has 0 aliphatic carbocycles. The van der Waals surface area contributed by atoms with Crippen molar-refractivity contribution in [1.29, 1.82) is 0 Å². The van der Waals surface area contributed by atoms with E-state index in [0.717, 1.165) is 9.86 Å². The van der Waals surface area contributed by atoms with Crippen molar-refractivity contribution in [2.24, 2.45) is 4.99 Å². The molecule has 0 bridgehead atoms. The van der Waals surface area contributed by atoms with Crippen molar-refractivity contribution in [3.63, 3.8) is 0 Å². The molecule has 29 heavy (non-hydrogen) atoms. The highest BCUT2D eigenvalue weighted by molar-refractivity contribution is 9.10. The molecule has 0 radical (unpaired) electrons. The van der Waals surface area contributed by atoms with Crippen LogP contribution in [0.5, 0.6) is 5.75 Å². The summed E-state index contributed by atoms with van der Waals surface area (Å²) < 4.78 is 6.31.